The summed E-state index contributed by atoms with van der Waals surface area (Å²) in [6.45, 7) is 3.14. The van der Waals surface area contributed by atoms with Crippen molar-refractivity contribution in [1.29, 1.82) is 0 Å². The van der Waals surface area contributed by atoms with Crippen molar-refractivity contribution < 1.29 is 35.8 Å². The molecule has 45 heavy (non-hydrogen) atoms. The van der Waals surface area contributed by atoms with Gasteiger partial charge in [0, 0.05) is 24.3 Å². The van der Waals surface area contributed by atoms with Crippen LogP contribution in [0.15, 0.2) is 60.7 Å². The van der Waals surface area contributed by atoms with Crippen LogP contribution in [0.2, 0.25) is 0 Å². The predicted octanol–water partition coefficient (Wildman–Crippen LogP) is 11.2. The van der Waals surface area contributed by atoms with Crippen LogP contribution in [0.5, 0.6) is 5.75 Å². The topological polar surface area (TPSA) is 18.5 Å². The molecule has 2 aliphatic rings. The Kier molecular flexibility index (Phi) is 11.0. The summed E-state index contributed by atoms with van der Waals surface area (Å²) in [6.07, 6.45) is 10.5. The van der Waals surface area contributed by atoms with Gasteiger partial charge in [0.1, 0.15) is 11.6 Å². The Morgan fingerprint density at radius 1 is 0.822 bits per heavy atom. The molecule has 1 saturated heterocycles. The number of ether oxygens (including phenoxy) is 2. The van der Waals surface area contributed by atoms with Crippen molar-refractivity contribution in [3.05, 3.63) is 95.1 Å². The first-order valence-corrected chi connectivity index (χ1v) is 16.0. The van der Waals surface area contributed by atoms with E-state index in [1.54, 1.807) is 12.1 Å². The van der Waals surface area contributed by atoms with Gasteiger partial charge >= 0.3 is 6.11 Å². The Hall–Kier alpha value is -3.26. The first-order valence-electron chi connectivity index (χ1n) is 16.0. The van der Waals surface area contributed by atoms with Crippen LogP contribution in [0.4, 0.5) is 26.3 Å². The highest BCUT2D eigenvalue weighted by molar-refractivity contribution is 5.65. The van der Waals surface area contributed by atoms with E-state index in [1.165, 1.54) is 50.2 Å². The molecule has 1 aliphatic carbocycles. The molecular formula is C37H40F6O2. The highest BCUT2D eigenvalue weighted by Crippen LogP contribution is 2.40. The number of halogens is 6. The third kappa shape index (κ3) is 8.72. The SMILES string of the molecule is CCCCCC1CCC(C2CCC(c3ccc(/C=C/C(F)(F)Oc4ccc(-c5cc(F)c(F)c(F)c5)c(F)c4)cc3)CC2)OC1. The zero-order valence-corrected chi connectivity index (χ0v) is 25.5. The monoisotopic (exact) mass is 630 g/mol. The lowest BCUT2D eigenvalue weighted by molar-refractivity contribution is -0.131. The summed E-state index contributed by atoms with van der Waals surface area (Å²) in [5, 5.41) is 0. The number of hydrogen-bond donors (Lipinski definition) is 0. The Bertz CT molecular complexity index is 1410. The van der Waals surface area contributed by atoms with Gasteiger partial charge in [-0.3, -0.25) is 0 Å². The minimum absolute atomic E-state index is 0.275. The third-order valence-corrected chi connectivity index (χ3v) is 9.29. The maximum absolute atomic E-state index is 14.6. The molecule has 2 atom stereocenters. The minimum atomic E-state index is -3.75. The molecule has 1 heterocycles. The Labute approximate surface area is 261 Å². The second-order valence-corrected chi connectivity index (χ2v) is 12.5. The van der Waals surface area contributed by atoms with Crippen LogP contribution < -0.4 is 4.74 Å². The van der Waals surface area contributed by atoms with E-state index >= 15 is 0 Å². The van der Waals surface area contributed by atoms with Gasteiger partial charge in [-0.25, -0.2) is 17.6 Å². The Morgan fingerprint density at radius 3 is 2.16 bits per heavy atom. The lowest BCUT2D eigenvalue weighted by Crippen LogP contribution is -2.34. The van der Waals surface area contributed by atoms with Crippen LogP contribution in [-0.2, 0) is 4.74 Å². The Morgan fingerprint density at radius 2 is 1.53 bits per heavy atom. The van der Waals surface area contributed by atoms with E-state index in [0.29, 0.717) is 53.7 Å². The first kappa shape index (κ1) is 33.1. The van der Waals surface area contributed by atoms with E-state index in [-0.39, 0.29) is 11.1 Å². The molecule has 0 bridgehead atoms. The summed E-state index contributed by atoms with van der Waals surface area (Å²) in [6, 6.07) is 11.6. The number of benzene rings is 3. The summed E-state index contributed by atoms with van der Waals surface area (Å²) in [5.74, 6) is -4.43. The van der Waals surface area contributed by atoms with Crippen LogP contribution in [0, 0.1) is 35.1 Å². The fourth-order valence-electron chi connectivity index (χ4n) is 6.70. The van der Waals surface area contributed by atoms with Crippen molar-refractivity contribution in [3.8, 4) is 16.9 Å². The molecule has 1 aliphatic heterocycles. The molecule has 0 radical (unpaired) electrons. The van der Waals surface area contributed by atoms with Gasteiger partial charge in [0.15, 0.2) is 17.5 Å². The lowest BCUT2D eigenvalue weighted by Gasteiger charge is -2.38. The Balaban J connectivity index is 1.11. The molecule has 0 N–H and O–H groups in total. The largest absolute Gasteiger partial charge is 0.429 e. The fourth-order valence-corrected chi connectivity index (χ4v) is 6.70. The molecule has 3 aromatic carbocycles. The second kappa shape index (κ2) is 14.9. The lowest BCUT2D eigenvalue weighted by atomic mass is 9.75. The molecule has 3 aromatic rings. The van der Waals surface area contributed by atoms with Crippen LogP contribution in [-0.4, -0.2) is 18.8 Å². The van der Waals surface area contributed by atoms with Crippen molar-refractivity contribution >= 4 is 6.08 Å². The van der Waals surface area contributed by atoms with Crippen molar-refractivity contribution in [2.75, 3.05) is 6.61 Å². The minimum Gasteiger partial charge on any atom is -0.429 e. The summed E-state index contributed by atoms with van der Waals surface area (Å²) in [4.78, 5) is 0. The number of unbranched alkanes of at least 4 members (excludes halogenated alkanes) is 2. The van der Waals surface area contributed by atoms with Crippen LogP contribution in [0.1, 0.15) is 88.2 Å². The molecule has 5 rings (SSSR count). The van der Waals surface area contributed by atoms with Crippen molar-refractivity contribution in [3.63, 3.8) is 0 Å². The summed E-state index contributed by atoms with van der Waals surface area (Å²) < 4.78 is 95.1. The molecule has 8 heteroatoms. The second-order valence-electron chi connectivity index (χ2n) is 12.5. The number of rotatable bonds is 11. The molecule has 2 unspecified atom stereocenters. The highest BCUT2D eigenvalue weighted by Gasteiger charge is 2.32. The van der Waals surface area contributed by atoms with E-state index in [2.05, 4.69) is 11.7 Å². The number of alkyl halides is 2. The first-order chi connectivity index (χ1) is 21.6. The van der Waals surface area contributed by atoms with Crippen molar-refractivity contribution in [2.24, 2.45) is 11.8 Å². The van der Waals surface area contributed by atoms with Gasteiger partial charge in [0.2, 0.25) is 0 Å². The molecule has 0 amide bonds. The van der Waals surface area contributed by atoms with E-state index in [1.807, 2.05) is 12.1 Å². The van der Waals surface area contributed by atoms with Crippen molar-refractivity contribution in [2.45, 2.75) is 89.3 Å². The summed E-state index contributed by atoms with van der Waals surface area (Å²) >= 11 is 0. The average molecular weight is 631 g/mol. The van der Waals surface area contributed by atoms with E-state index in [0.717, 1.165) is 44.4 Å². The van der Waals surface area contributed by atoms with E-state index < -0.39 is 35.1 Å². The smallest absolute Gasteiger partial charge is 0.419 e. The zero-order valence-electron chi connectivity index (χ0n) is 25.5. The van der Waals surface area contributed by atoms with Crippen LogP contribution >= 0.6 is 0 Å². The highest BCUT2D eigenvalue weighted by atomic mass is 19.3. The zero-order chi connectivity index (χ0) is 32.0. The maximum Gasteiger partial charge on any atom is 0.419 e. The van der Waals surface area contributed by atoms with Crippen LogP contribution in [0.3, 0.4) is 0 Å². The molecular weight excluding hydrogens is 590 g/mol. The summed E-state index contributed by atoms with van der Waals surface area (Å²) in [5.41, 5.74) is 1.21. The molecule has 242 valence electrons. The normalized spacial score (nSPS) is 22.6. The quantitative estimate of drug-likeness (QED) is 0.119. The molecule has 0 aromatic heterocycles. The molecule has 0 spiro atoms. The van der Waals surface area contributed by atoms with Gasteiger partial charge in [-0.05, 0) is 110 Å². The van der Waals surface area contributed by atoms with Gasteiger partial charge < -0.3 is 9.47 Å². The van der Waals surface area contributed by atoms with Gasteiger partial charge in [0.05, 0.1) is 6.10 Å². The predicted molar refractivity (Wildman–Crippen MR) is 164 cm³/mol. The van der Waals surface area contributed by atoms with Gasteiger partial charge in [-0.15, -0.1) is 0 Å². The van der Waals surface area contributed by atoms with Gasteiger partial charge in [-0.2, -0.15) is 8.78 Å². The summed E-state index contributed by atoms with van der Waals surface area (Å²) in [7, 11) is 0. The van der Waals surface area contributed by atoms with E-state index in [9.17, 15) is 26.3 Å². The van der Waals surface area contributed by atoms with Crippen LogP contribution in [0.25, 0.3) is 17.2 Å². The molecule has 2 fully saturated rings. The molecule has 2 nitrogen and oxygen atoms in total. The third-order valence-electron chi connectivity index (χ3n) is 9.29. The van der Waals surface area contributed by atoms with E-state index in [4.69, 9.17) is 4.74 Å². The fraction of sp³-hybridized carbons (Fsp3) is 0.459. The standard InChI is InChI=1S/C37H40F6O2/c1-2-3-4-5-25-8-17-35(44-23-25)28-13-11-27(12-14-28)26-9-6-24(7-10-26)18-19-37(42,43)45-30-15-16-31(32(38)22-30)29-20-33(39)36(41)34(40)21-29/h6-7,9-10,15-16,18-22,25,27-28,35H,2-5,8,11-14,17,23H2,1H3/b19-18+. The maximum atomic E-state index is 14.6. The average Bonchev–Trinajstić information content (AvgIpc) is 3.03. The molecule has 1 saturated carbocycles. The van der Waals surface area contributed by atoms with Gasteiger partial charge in [-0.1, -0.05) is 50.5 Å². The van der Waals surface area contributed by atoms with Crippen molar-refractivity contribution in [1.82, 2.24) is 0 Å². The number of hydrogen-bond acceptors (Lipinski definition) is 2. The van der Waals surface area contributed by atoms with Gasteiger partial charge in [0.25, 0.3) is 0 Å².